The number of hydrogen-bond acceptors (Lipinski definition) is 8. The average Bonchev–Trinajstić information content (AvgIpc) is 3.02. The fraction of sp³-hybridized carbons (Fsp3) is 0.609. The van der Waals surface area contributed by atoms with Crippen LogP contribution in [0.4, 0.5) is 4.79 Å². The Morgan fingerprint density at radius 1 is 1.27 bits per heavy atom. The number of unbranched alkanes of at least 4 members (excludes halogenated alkanes) is 2. The van der Waals surface area contributed by atoms with Crippen molar-refractivity contribution in [2.24, 2.45) is 5.16 Å². The van der Waals surface area contributed by atoms with E-state index in [4.69, 9.17) is 14.0 Å². The first-order valence-corrected chi connectivity index (χ1v) is 11.6. The zero-order valence-corrected chi connectivity index (χ0v) is 19.3. The van der Waals surface area contributed by atoms with E-state index in [0.717, 1.165) is 37.8 Å². The maximum Gasteiger partial charge on any atom is 0.410 e. The van der Waals surface area contributed by atoms with Crippen molar-refractivity contribution < 1.29 is 18.8 Å². The van der Waals surface area contributed by atoms with Gasteiger partial charge in [0.05, 0.1) is 11.8 Å². The van der Waals surface area contributed by atoms with E-state index in [1.807, 2.05) is 18.7 Å². The van der Waals surface area contributed by atoms with Crippen molar-refractivity contribution in [1.82, 2.24) is 14.9 Å². The summed E-state index contributed by atoms with van der Waals surface area (Å²) >= 11 is 0. The maximum atomic E-state index is 12.7. The summed E-state index contributed by atoms with van der Waals surface area (Å²) in [5, 5.41) is 4.45. The van der Waals surface area contributed by atoms with Crippen molar-refractivity contribution in [3.63, 3.8) is 0 Å². The van der Waals surface area contributed by atoms with Gasteiger partial charge in [0, 0.05) is 31.0 Å². The number of carbonyl (C=O) groups is 1. The van der Waals surface area contributed by atoms with Crippen molar-refractivity contribution in [1.29, 1.82) is 0 Å². The molecular weight excluding hydrogens is 428 g/mol. The molecule has 2 atom stereocenters. The molecule has 178 valence electrons. The number of fused-ring (bicyclic) bond motifs is 3. The SMILES string of the molecule is CCCCCc1cc(=O)oc2nc(ON=C3CC4CCC(C3)N4C(=O)OC(C)C)[nH]c(=O)c12. The summed E-state index contributed by atoms with van der Waals surface area (Å²) in [6.07, 6.45) is 5.94. The monoisotopic (exact) mass is 458 g/mol. The van der Waals surface area contributed by atoms with Crippen molar-refractivity contribution in [2.75, 3.05) is 0 Å². The van der Waals surface area contributed by atoms with Gasteiger partial charge in [-0.25, -0.2) is 9.59 Å². The Labute approximate surface area is 191 Å². The minimum absolute atomic E-state index is 0.0182. The molecular formula is C23H30N4O6. The van der Waals surface area contributed by atoms with E-state index >= 15 is 0 Å². The molecule has 0 aromatic carbocycles. The lowest BCUT2D eigenvalue weighted by Crippen LogP contribution is -2.47. The highest BCUT2D eigenvalue weighted by Gasteiger charge is 2.43. The van der Waals surface area contributed by atoms with Crippen molar-refractivity contribution in [2.45, 2.75) is 90.3 Å². The first-order chi connectivity index (χ1) is 15.9. The first-order valence-electron chi connectivity index (χ1n) is 11.6. The Morgan fingerprint density at radius 2 is 2.00 bits per heavy atom. The average molecular weight is 459 g/mol. The molecule has 10 heteroatoms. The molecule has 2 fully saturated rings. The number of amides is 1. The van der Waals surface area contributed by atoms with Crippen molar-refractivity contribution in [3.05, 3.63) is 32.4 Å². The Bertz CT molecular complexity index is 1150. The van der Waals surface area contributed by atoms with Crippen LogP contribution in [-0.4, -0.2) is 44.9 Å². The van der Waals surface area contributed by atoms with Gasteiger partial charge < -0.3 is 18.9 Å². The fourth-order valence-electron chi connectivity index (χ4n) is 4.67. The van der Waals surface area contributed by atoms with Crippen molar-refractivity contribution >= 4 is 22.9 Å². The van der Waals surface area contributed by atoms with E-state index in [9.17, 15) is 14.4 Å². The van der Waals surface area contributed by atoms with Crippen LogP contribution in [0.25, 0.3) is 11.1 Å². The molecule has 10 nitrogen and oxygen atoms in total. The number of hydrogen-bond donors (Lipinski definition) is 1. The number of rotatable bonds is 7. The lowest BCUT2D eigenvalue weighted by atomic mass is 10.0. The second-order valence-electron chi connectivity index (χ2n) is 8.98. The van der Waals surface area contributed by atoms with Gasteiger partial charge in [-0.2, -0.15) is 4.98 Å². The first kappa shape index (κ1) is 23.0. The van der Waals surface area contributed by atoms with Gasteiger partial charge in [-0.05, 0) is 45.1 Å². The summed E-state index contributed by atoms with van der Waals surface area (Å²) in [6, 6.07) is 1.25. The number of nitrogens with one attached hydrogen (secondary N) is 1. The van der Waals surface area contributed by atoms with E-state index in [0.29, 0.717) is 24.8 Å². The largest absolute Gasteiger partial charge is 0.447 e. The number of H-pyrrole nitrogens is 1. The number of ether oxygens (including phenoxy) is 1. The van der Waals surface area contributed by atoms with Gasteiger partial charge in [-0.1, -0.05) is 24.9 Å². The minimum atomic E-state index is -0.554. The molecule has 1 amide bonds. The molecule has 4 rings (SSSR count). The van der Waals surface area contributed by atoms with Crippen LogP contribution in [0.15, 0.2) is 25.2 Å². The molecule has 2 bridgehead atoms. The Balaban J connectivity index is 1.50. The number of aryl methyl sites for hydroxylation is 1. The lowest BCUT2D eigenvalue weighted by Gasteiger charge is -2.34. The van der Waals surface area contributed by atoms with E-state index in [1.54, 1.807) is 0 Å². The summed E-state index contributed by atoms with van der Waals surface area (Å²) in [5.74, 6) is 0. The molecule has 2 aromatic rings. The summed E-state index contributed by atoms with van der Waals surface area (Å²) < 4.78 is 10.5. The molecule has 0 spiro atoms. The van der Waals surface area contributed by atoms with Gasteiger partial charge in [-0.15, -0.1) is 0 Å². The lowest BCUT2D eigenvalue weighted by molar-refractivity contribution is 0.0595. The van der Waals surface area contributed by atoms with Gasteiger partial charge >= 0.3 is 17.7 Å². The van der Waals surface area contributed by atoms with Gasteiger partial charge in [0.15, 0.2) is 0 Å². The third kappa shape index (κ3) is 5.09. The molecule has 2 aromatic heterocycles. The van der Waals surface area contributed by atoms with Crippen LogP contribution in [0.2, 0.25) is 0 Å². The summed E-state index contributed by atoms with van der Waals surface area (Å²) in [7, 11) is 0. The number of aromatic nitrogens is 2. The zero-order valence-electron chi connectivity index (χ0n) is 19.3. The number of nitrogens with zero attached hydrogens (tertiary/aromatic N) is 3. The van der Waals surface area contributed by atoms with E-state index in [1.165, 1.54) is 6.07 Å². The predicted molar refractivity (Wildman–Crippen MR) is 122 cm³/mol. The second kappa shape index (κ2) is 9.76. The summed E-state index contributed by atoms with van der Waals surface area (Å²) in [6.45, 7) is 5.75. The van der Waals surface area contributed by atoms with Gasteiger partial charge in [0.1, 0.15) is 5.39 Å². The topological polar surface area (TPSA) is 127 Å². The highest BCUT2D eigenvalue weighted by molar-refractivity contribution is 5.88. The molecule has 0 aliphatic carbocycles. The number of oxime groups is 1. The number of carbonyl (C=O) groups excluding carboxylic acids is 1. The van der Waals surface area contributed by atoms with E-state index in [-0.39, 0.29) is 41.4 Å². The number of piperidine rings is 1. The zero-order chi connectivity index (χ0) is 23.5. The van der Waals surface area contributed by atoms with Crippen LogP contribution in [0.5, 0.6) is 6.01 Å². The van der Waals surface area contributed by atoms with Crippen LogP contribution < -0.4 is 16.0 Å². The summed E-state index contributed by atoms with van der Waals surface area (Å²) in [4.78, 5) is 51.0. The van der Waals surface area contributed by atoms with Gasteiger partial charge in [-0.3, -0.25) is 9.78 Å². The quantitative estimate of drug-likeness (QED) is 0.497. The molecule has 0 radical (unpaired) electrons. The molecule has 2 saturated heterocycles. The molecule has 4 heterocycles. The molecule has 2 unspecified atom stereocenters. The van der Waals surface area contributed by atoms with Gasteiger partial charge in [0.2, 0.25) is 5.71 Å². The van der Waals surface area contributed by atoms with Crippen LogP contribution in [0.1, 0.15) is 71.3 Å². The third-order valence-corrected chi connectivity index (χ3v) is 6.10. The third-order valence-electron chi connectivity index (χ3n) is 6.10. The van der Waals surface area contributed by atoms with Crippen LogP contribution >= 0.6 is 0 Å². The molecule has 33 heavy (non-hydrogen) atoms. The Morgan fingerprint density at radius 3 is 2.67 bits per heavy atom. The standard InChI is InChI=1S/C23H30N4O6/c1-4-5-6-7-14-10-18(28)32-21-19(14)20(29)24-22(25-21)33-26-15-11-16-8-9-17(12-15)27(16)23(30)31-13(2)3/h10,13,16-17H,4-9,11-12H2,1-3H3,(H,24,25,29). The Hall–Kier alpha value is -3.17. The van der Waals surface area contributed by atoms with Crippen LogP contribution in [0, 0.1) is 0 Å². The van der Waals surface area contributed by atoms with Gasteiger partial charge in [0.25, 0.3) is 5.56 Å². The summed E-state index contributed by atoms with van der Waals surface area (Å²) in [5.41, 5.74) is 0.366. The second-order valence-corrected chi connectivity index (χ2v) is 8.98. The molecule has 2 aliphatic heterocycles. The molecule has 0 saturated carbocycles. The minimum Gasteiger partial charge on any atom is -0.447 e. The molecule has 1 N–H and O–H groups in total. The predicted octanol–water partition coefficient (Wildman–Crippen LogP) is 3.52. The maximum absolute atomic E-state index is 12.7. The Kier molecular flexibility index (Phi) is 6.80. The molecule has 2 aliphatic rings. The van der Waals surface area contributed by atoms with Crippen molar-refractivity contribution in [3.8, 4) is 6.01 Å². The normalized spacial score (nSPS) is 19.9. The highest BCUT2D eigenvalue weighted by Crippen LogP contribution is 2.35. The van der Waals surface area contributed by atoms with E-state index in [2.05, 4.69) is 22.0 Å². The van der Waals surface area contributed by atoms with Crippen LogP contribution in [-0.2, 0) is 11.2 Å². The number of aromatic amines is 1. The fourth-order valence-corrected chi connectivity index (χ4v) is 4.67. The van der Waals surface area contributed by atoms with E-state index < -0.39 is 11.2 Å². The highest BCUT2D eigenvalue weighted by atomic mass is 16.6. The van der Waals surface area contributed by atoms with Crippen LogP contribution in [0.3, 0.4) is 0 Å². The smallest absolute Gasteiger partial charge is 0.410 e.